The number of hydrogen-bond acceptors (Lipinski definition) is 4. The molecule has 7 heteroatoms. The summed E-state index contributed by atoms with van der Waals surface area (Å²) in [5, 5.41) is 13.5. The number of aromatic nitrogens is 1. The molecule has 2 rings (SSSR count). The molecule has 1 aromatic heterocycles. The molecule has 3 N–H and O–H groups in total. The summed E-state index contributed by atoms with van der Waals surface area (Å²) in [6.45, 7) is 8.50. The van der Waals surface area contributed by atoms with Crippen molar-refractivity contribution < 1.29 is 9.32 Å². The van der Waals surface area contributed by atoms with Gasteiger partial charge in [0.1, 0.15) is 6.54 Å². The van der Waals surface area contributed by atoms with E-state index < -0.39 is 0 Å². The molecule has 0 aliphatic carbocycles. The third-order valence-electron chi connectivity index (χ3n) is 4.70. The van der Waals surface area contributed by atoms with E-state index in [0.29, 0.717) is 37.9 Å². The fraction of sp³-hybridized carbons (Fsp3) is 0.500. The lowest BCUT2D eigenvalue weighted by molar-refractivity contribution is -0.121. The summed E-state index contributed by atoms with van der Waals surface area (Å²) in [7, 11) is 0. The van der Waals surface area contributed by atoms with Crippen LogP contribution in [0.3, 0.4) is 0 Å². The Labute approximate surface area is 173 Å². The number of amides is 1. The van der Waals surface area contributed by atoms with Crippen molar-refractivity contribution >= 4 is 11.9 Å². The van der Waals surface area contributed by atoms with E-state index in [2.05, 4.69) is 39.9 Å². The topological polar surface area (TPSA) is 91.6 Å². The SMILES string of the molecule is CCNC(=NCc1cc(C(CC)CC)no1)NCCC(=O)NCc1ccccc1. The molecule has 0 fully saturated rings. The molecule has 1 amide bonds. The molecule has 0 saturated carbocycles. The van der Waals surface area contributed by atoms with Gasteiger partial charge in [-0.3, -0.25) is 4.79 Å². The van der Waals surface area contributed by atoms with E-state index >= 15 is 0 Å². The van der Waals surface area contributed by atoms with E-state index in [0.717, 1.165) is 36.4 Å². The number of rotatable bonds is 11. The number of benzene rings is 1. The molecule has 0 saturated heterocycles. The summed E-state index contributed by atoms with van der Waals surface area (Å²) in [5.74, 6) is 1.83. The molecule has 0 atom stereocenters. The number of nitrogens with zero attached hydrogens (tertiary/aromatic N) is 2. The molecule has 29 heavy (non-hydrogen) atoms. The lowest BCUT2D eigenvalue weighted by Gasteiger charge is -2.11. The van der Waals surface area contributed by atoms with Crippen molar-refractivity contribution in [3.05, 3.63) is 53.4 Å². The molecule has 2 aromatic rings. The Hall–Kier alpha value is -2.83. The third kappa shape index (κ3) is 7.97. The molecule has 1 aromatic carbocycles. The highest BCUT2D eigenvalue weighted by molar-refractivity contribution is 5.81. The molecule has 7 nitrogen and oxygen atoms in total. The zero-order valence-electron chi connectivity index (χ0n) is 17.7. The van der Waals surface area contributed by atoms with Crippen molar-refractivity contribution in [3.8, 4) is 0 Å². The van der Waals surface area contributed by atoms with Gasteiger partial charge in [0.25, 0.3) is 0 Å². The number of nitrogens with one attached hydrogen (secondary N) is 3. The first-order chi connectivity index (χ1) is 14.2. The Morgan fingerprint density at radius 2 is 1.86 bits per heavy atom. The van der Waals surface area contributed by atoms with Gasteiger partial charge < -0.3 is 20.5 Å². The second kappa shape index (κ2) is 12.6. The second-order valence-electron chi connectivity index (χ2n) is 6.87. The van der Waals surface area contributed by atoms with Crippen LogP contribution in [0.1, 0.15) is 63.0 Å². The van der Waals surface area contributed by atoms with Gasteiger partial charge >= 0.3 is 0 Å². The van der Waals surface area contributed by atoms with Crippen molar-refractivity contribution in [3.63, 3.8) is 0 Å². The quantitative estimate of drug-likeness (QED) is 0.398. The number of aliphatic imine (C=N–C) groups is 1. The normalized spacial score (nSPS) is 11.5. The summed E-state index contributed by atoms with van der Waals surface area (Å²) in [5.41, 5.74) is 2.08. The first-order valence-corrected chi connectivity index (χ1v) is 10.4. The minimum absolute atomic E-state index is 0.00208. The number of hydrogen-bond donors (Lipinski definition) is 3. The highest BCUT2D eigenvalue weighted by Gasteiger charge is 2.12. The molecule has 0 radical (unpaired) electrons. The summed E-state index contributed by atoms with van der Waals surface area (Å²) in [6, 6.07) is 11.9. The molecular formula is C22H33N5O2. The van der Waals surface area contributed by atoms with Gasteiger partial charge in [-0.15, -0.1) is 0 Å². The van der Waals surface area contributed by atoms with E-state index in [-0.39, 0.29) is 5.91 Å². The molecule has 0 unspecified atom stereocenters. The smallest absolute Gasteiger partial charge is 0.222 e. The first-order valence-electron chi connectivity index (χ1n) is 10.4. The van der Waals surface area contributed by atoms with Crippen molar-refractivity contribution in [2.45, 2.75) is 59.0 Å². The van der Waals surface area contributed by atoms with Gasteiger partial charge in [0.2, 0.25) is 5.91 Å². The average molecular weight is 400 g/mol. The fourth-order valence-electron chi connectivity index (χ4n) is 2.98. The van der Waals surface area contributed by atoms with Gasteiger partial charge in [0.05, 0.1) is 5.69 Å². The zero-order valence-corrected chi connectivity index (χ0v) is 17.7. The summed E-state index contributed by atoms with van der Waals surface area (Å²) in [6.07, 6.45) is 2.46. The predicted octanol–water partition coefficient (Wildman–Crippen LogP) is 3.34. The average Bonchev–Trinajstić information content (AvgIpc) is 3.21. The Morgan fingerprint density at radius 3 is 2.55 bits per heavy atom. The first kappa shape index (κ1) is 22.5. The van der Waals surface area contributed by atoms with Crippen LogP contribution in [-0.2, 0) is 17.9 Å². The van der Waals surface area contributed by atoms with Crippen LogP contribution >= 0.6 is 0 Å². The lowest BCUT2D eigenvalue weighted by atomic mass is 9.99. The predicted molar refractivity (Wildman–Crippen MR) is 116 cm³/mol. The summed E-state index contributed by atoms with van der Waals surface area (Å²) in [4.78, 5) is 16.6. The molecular weight excluding hydrogens is 366 g/mol. The maximum absolute atomic E-state index is 12.0. The zero-order chi connectivity index (χ0) is 20.9. The van der Waals surface area contributed by atoms with Crippen LogP contribution in [0.5, 0.6) is 0 Å². The van der Waals surface area contributed by atoms with E-state index in [4.69, 9.17) is 4.52 Å². The van der Waals surface area contributed by atoms with Crippen LogP contribution in [0, 0.1) is 0 Å². The standard InChI is InChI=1S/C22H33N5O2/c1-4-18(5-2)20-14-19(29-27-20)16-26-22(23-6-3)24-13-12-21(28)25-15-17-10-8-7-9-11-17/h7-11,14,18H,4-6,12-13,15-16H2,1-3H3,(H,25,28)(H2,23,24,26). The van der Waals surface area contributed by atoms with Gasteiger partial charge in [-0.05, 0) is 25.3 Å². The molecule has 158 valence electrons. The van der Waals surface area contributed by atoms with Crippen LogP contribution in [0.15, 0.2) is 45.9 Å². The van der Waals surface area contributed by atoms with Crippen LogP contribution < -0.4 is 16.0 Å². The van der Waals surface area contributed by atoms with E-state index in [1.807, 2.05) is 43.3 Å². The Balaban J connectivity index is 1.77. The number of guanidine groups is 1. The monoisotopic (exact) mass is 399 g/mol. The maximum Gasteiger partial charge on any atom is 0.222 e. The van der Waals surface area contributed by atoms with Crippen LogP contribution in [-0.4, -0.2) is 30.1 Å². The van der Waals surface area contributed by atoms with Gasteiger partial charge in [0.15, 0.2) is 11.7 Å². The lowest BCUT2D eigenvalue weighted by Crippen LogP contribution is -2.39. The van der Waals surface area contributed by atoms with Crippen molar-refractivity contribution in [2.75, 3.05) is 13.1 Å². The molecule has 0 aliphatic heterocycles. The minimum atomic E-state index is 0.00208. The number of carbonyl (C=O) groups excluding carboxylic acids is 1. The Morgan fingerprint density at radius 1 is 1.10 bits per heavy atom. The highest BCUT2D eigenvalue weighted by Crippen LogP contribution is 2.22. The van der Waals surface area contributed by atoms with Crippen molar-refractivity contribution in [1.82, 2.24) is 21.1 Å². The van der Waals surface area contributed by atoms with Gasteiger partial charge in [-0.1, -0.05) is 49.3 Å². The summed E-state index contributed by atoms with van der Waals surface area (Å²) < 4.78 is 5.42. The maximum atomic E-state index is 12.0. The van der Waals surface area contributed by atoms with Crippen LogP contribution in [0.2, 0.25) is 0 Å². The van der Waals surface area contributed by atoms with E-state index in [1.54, 1.807) is 0 Å². The number of carbonyl (C=O) groups is 1. The Kier molecular flexibility index (Phi) is 9.75. The summed E-state index contributed by atoms with van der Waals surface area (Å²) >= 11 is 0. The Bertz CT molecular complexity index is 754. The van der Waals surface area contributed by atoms with E-state index in [9.17, 15) is 4.79 Å². The highest BCUT2D eigenvalue weighted by atomic mass is 16.5. The van der Waals surface area contributed by atoms with Crippen molar-refractivity contribution in [1.29, 1.82) is 0 Å². The molecule has 1 heterocycles. The fourth-order valence-corrected chi connectivity index (χ4v) is 2.98. The van der Waals surface area contributed by atoms with Gasteiger partial charge in [-0.25, -0.2) is 4.99 Å². The molecule has 0 spiro atoms. The van der Waals surface area contributed by atoms with Gasteiger partial charge in [0, 0.05) is 38.0 Å². The van der Waals surface area contributed by atoms with Crippen LogP contribution in [0.4, 0.5) is 0 Å². The van der Waals surface area contributed by atoms with Crippen molar-refractivity contribution in [2.24, 2.45) is 4.99 Å². The van der Waals surface area contributed by atoms with Gasteiger partial charge in [-0.2, -0.15) is 0 Å². The molecule has 0 bridgehead atoms. The largest absolute Gasteiger partial charge is 0.359 e. The minimum Gasteiger partial charge on any atom is -0.359 e. The van der Waals surface area contributed by atoms with E-state index in [1.165, 1.54) is 0 Å². The second-order valence-corrected chi connectivity index (χ2v) is 6.87. The van der Waals surface area contributed by atoms with Crippen LogP contribution in [0.25, 0.3) is 0 Å². The molecule has 0 aliphatic rings. The third-order valence-corrected chi connectivity index (χ3v) is 4.70.